The van der Waals surface area contributed by atoms with Gasteiger partial charge >= 0.3 is 0 Å². The van der Waals surface area contributed by atoms with Gasteiger partial charge in [-0.2, -0.15) is 5.10 Å². The lowest BCUT2D eigenvalue weighted by atomic mass is 10.2. The van der Waals surface area contributed by atoms with Gasteiger partial charge in [0.25, 0.3) is 0 Å². The smallest absolute Gasteiger partial charge is 0.0672 e. The summed E-state index contributed by atoms with van der Waals surface area (Å²) in [4.78, 5) is 2.29. The summed E-state index contributed by atoms with van der Waals surface area (Å²) in [6.45, 7) is 3.78. The first-order valence-corrected chi connectivity index (χ1v) is 6.33. The Morgan fingerprint density at radius 2 is 2.00 bits per heavy atom. The third kappa shape index (κ3) is 2.10. The number of rotatable bonds is 1. The van der Waals surface area contributed by atoms with Crippen molar-refractivity contribution in [2.75, 3.05) is 31.1 Å². The molecule has 0 amide bonds. The number of hydrogen-bond acceptors (Lipinski definition) is 4. The number of hydrogen-bond donors (Lipinski definition) is 2. The van der Waals surface area contributed by atoms with Crippen LogP contribution in [-0.4, -0.2) is 40.7 Å². The van der Waals surface area contributed by atoms with E-state index < -0.39 is 0 Å². The molecule has 0 unspecified atom stereocenters. The fraction of sp³-hybridized carbons (Fsp3) is 0.364. The Balaban J connectivity index is 1.96. The van der Waals surface area contributed by atoms with E-state index in [0.717, 1.165) is 47.8 Å². The van der Waals surface area contributed by atoms with Crippen LogP contribution in [0.3, 0.4) is 0 Å². The molecule has 0 spiro atoms. The molecule has 1 saturated heterocycles. The summed E-state index contributed by atoms with van der Waals surface area (Å²) in [5, 5.41) is 8.82. The molecule has 2 aromatic rings. The number of benzene rings is 1. The predicted molar refractivity (Wildman–Crippen MR) is 73.9 cm³/mol. The SMILES string of the molecule is SN1CCN(c2cc3[nH]ncc3cc2Cl)CC1. The first-order chi connectivity index (χ1) is 8.24. The fourth-order valence-corrected chi connectivity index (χ4v) is 2.60. The molecule has 0 aliphatic carbocycles. The molecule has 0 radical (unpaired) electrons. The molecule has 90 valence electrons. The normalized spacial score (nSPS) is 17.9. The minimum atomic E-state index is 0.784. The van der Waals surface area contributed by atoms with Crippen molar-refractivity contribution in [1.82, 2.24) is 14.5 Å². The second-order valence-corrected chi connectivity index (χ2v) is 5.17. The van der Waals surface area contributed by atoms with Gasteiger partial charge in [-0.15, -0.1) is 0 Å². The van der Waals surface area contributed by atoms with Crippen LogP contribution in [0.5, 0.6) is 0 Å². The summed E-state index contributed by atoms with van der Waals surface area (Å²) < 4.78 is 2.03. The molecule has 1 fully saturated rings. The van der Waals surface area contributed by atoms with E-state index in [9.17, 15) is 0 Å². The number of anilines is 1. The minimum absolute atomic E-state index is 0.784. The van der Waals surface area contributed by atoms with Crippen LogP contribution in [0.1, 0.15) is 0 Å². The lowest BCUT2D eigenvalue weighted by molar-refractivity contribution is 0.434. The molecule has 2 heterocycles. The maximum atomic E-state index is 6.31. The third-order valence-electron chi connectivity index (χ3n) is 3.10. The maximum Gasteiger partial charge on any atom is 0.0672 e. The Morgan fingerprint density at radius 1 is 1.24 bits per heavy atom. The van der Waals surface area contributed by atoms with Gasteiger partial charge in [-0.25, -0.2) is 4.31 Å². The van der Waals surface area contributed by atoms with Crippen molar-refractivity contribution >= 4 is 41.0 Å². The number of H-pyrrole nitrogens is 1. The lowest BCUT2D eigenvalue weighted by Crippen LogP contribution is -2.42. The highest BCUT2D eigenvalue weighted by Crippen LogP contribution is 2.30. The lowest BCUT2D eigenvalue weighted by Gasteiger charge is -2.33. The van der Waals surface area contributed by atoms with Crippen molar-refractivity contribution in [2.45, 2.75) is 0 Å². The van der Waals surface area contributed by atoms with Crippen LogP contribution in [0, 0.1) is 0 Å². The molecule has 6 heteroatoms. The average Bonchev–Trinajstić information content (AvgIpc) is 2.76. The molecule has 4 nitrogen and oxygen atoms in total. The highest BCUT2D eigenvalue weighted by Gasteiger charge is 2.17. The summed E-state index contributed by atoms with van der Waals surface area (Å²) in [7, 11) is 0. The number of nitrogens with zero attached hydrogens (tertiary/aromatic N) is 3. The van der Waals surface area contributed by atoms with Gasteiger partial charge in [-0.1, -0.05) is 24.4 Å². The van der Waals surface area contributed by atoms with Crippen LogP contribution in [0.4, 0.5) is 5.69 Å². The molecular formula is C11H13ClN4S. The van der Waals surface area contributed by atoms with Crippen molar-refractivity contribution in [3.8, 4) is 0 Å². The van der Waals surface area contributed by atoms with Crippen molar-refractivity contribution in [3.63, 3.8) is 0 Å². The predicted octanol–water partition coefficient (Wildman–Crippen LogP) is 2.18. The largest absolute Gasteiger partial charge is 0.368 e. The van der Waals surface area contributed by atoms with E-state index in [1.54, 1.807) is 6.20 Å². The Kier molecular flexibility index (Phi) is 2.90. The van der Waals surface area contributed by atoms with E-state index in [1.165, 1.54) is 0 Å². The first-order valence-electron chi connectivity index (χ1n) is 5.55. The first kappa shape index (κ1) is 11.2. The maximum absolute atomic E-state index is 6.31. The van der Waals surface area contributed by atoms with Crippen LogP contribution in [0.25, 0.3) is 10.9 Å². The van der Waals surface area contributed by atoms with E-state index >= 15 is 0 Å². The molecular weight excluding hydrogens is 256 g/mol. The van der Waals surface area contributed by atoms with Gasteiger partial charge in [0.1, 0.15) is 0 Å². The number of thiol groups is 1. The number of nitrogens with one attached hydrogen (secondary N) is 1. The highest BCUT2D eigenvalue weighted by atomic mass is 35.5. The monoisotopic (exact) mass is 268 g/mol. The Morgan fingerprint density at radius 3 is 2.76 bits per heavy atom. The minimum Gasteiger partial charge on any atom is -0.368 e. The van der Waals surface area contributed by atoms with E-state index in [4.69, 9.17) is 11.6 Å². The van der Waals surface area contributed by atoms with Gasteiger partial charge in [0.15, 0.2) is 0 Å². The summed E-state index contributed by atoms with van der Waals surface area (Å²) >= 11 is 10.7. The zero-order valence-corrected chi connectivity index (χ0v) is 10.9. The standard InChI is InChI=1S/C11H13ClN4S/c12-9-5-8-7-13-14-10(8)6-11(9)15-1-3-16(17)4-2-15/h5-7,17H,1-4H2,(H,13,14). The molecule has 0 saturated carbocycles. The van der Waals surface area contributed by atoms with Crippen molar-refractivity contribution in [1.29, 1.82) is 0 Å². The van der Waals surface area contributed by atoms with E-state index in [0.29, 0.717) is 0 Å². The second kappa shape index (κ2) is 4.40. The van der Waals surface area contributed by atoms with Gasteiger partial charge in [-0.3, -0.25) is 5.10 Å². The second-order valence-electron chi connectivity index (χ2n) is 4.20. The molecule has 0 atom stereocenters. The topological polar surface area (TPSA) is 35.2 Å². The molecule has 1 aliphatic rings. The zero-order valence-electron chi connectivity index (χ0n) is 9.23. The summed E-state index contributed by atoms with van der Waals surface area (Å²) in [5.74, 6) is 0. The zero-order chi connectivity index (χ0) is 11.8. The van der Waals surface area contributed by atoms with E-state index in [1.807, 2.05) is 10.4 Å². The van der Waals surface area contributed by atoms with Gasteiger partial charge < -0.3 is 4.90 Å². The molecule has 0 bridgehead atoms. The van der Waals surface area contributed by atoms with Gasteiger partial charge in [0.2, 0.25) is 0 Å². The van der Waals surface area contributed by atoms with Crippen LogP contribution in [0.15, 0.2) is 18.3 Å². The Labute approximate surface area is 110 Å². The van der Waals surface area contributed by atoms with Gasteiger partial charge in [-0.05, 0) is 12.1 Å². The Bertz CT molecular complexity index is 533. The number of fused-ring (bicyclic) bond motifs is 1. The van der Waals surface area contributed by atoms with Crippen molar-refractivity contribution in [2.24, 2.45) is 0 Å². The third-order valence-corrected chi connectivity index (χ3v) is 3.81. The van der Waals surface area contributed by atoms with Crippen molar-refractivity contribution < 1.29 is 0 Å². The van der Waals surface area contributed by atoms with Crippen LogP contribution in [-0.2, 0) is 0 Å². The van der Waals surface area contributed by atoms with Crippen LogP contribution in [0.2, 0.25) is 5.02 Å². The van der Waals surface area contributed by atoms with Crippen molar-refractivity contribution in [3.05, 3.63) is 23.4 Å². The van der Waals surface area contributed by atoms with E-state index in [2.05, 4.69) is 34.0 Å². The molecule has 17 heavy (non-hydrogen) atoms. The molecule has 1 N–H and O–H groups in total. The summed E-state index contributed by atoms with van der Waals surface area (Å²) in [6, 6.07) is 4.03. The summed E-state index contributed by atoms with van der Waals surface area (Å²) in [5.41, 5.74) is 2.10. The number of piperazine rings is 1. The fourth-order valence-electron chi connectivity index (χ4n) is 2.13. The number of halogens is 1. The van der Waals surface area contributed by atoms with Gasteiger partial charge in [0, 0.05) is 31.6 Å². The molecule has 1 aliphatic heterocycles. The van der Waals surface area contributed by atoms with E-state index in [-0.39, 0.29) is 0 Å². The van der Waals surface area contributed by atoms with Crippen LogP contribution >= 0.6 is 24.4 Å². The molecule has 3 rings (SSSR count). The highest BCUT2D eigenvalue weighted by molar-refractivity contribution is 7.77. The number of aromatic nitrogens is 2. The molecule has 1 aromatic carbocycles. The quantitative estimate of drug-likeness (QED) is 0.779. The van der Waals surface area contributed by atoms with Gasteiger partial charge in [0.05, 0.1) is 22.4 Å². The summed E-state index contributed by atoms with van der Waals surface area (Å²) in [6.07, 6.45) is 1.79. The van der Waals surface area contributed by atoms with Crippen LogP contribution < -0.4 is 4.90 Å². The Hall–Kier alpha value is -0.910. The molecule has 1 aromatic heterocycles. The average molecular weight is 269 g/mol. The number of aromatic amines is 1.